The Balaban J connectivity index is 1.98. The van der Waals surface area contributed by atoms with Crippen LogP contribution in [0.15, 0.2) is 48.7 Å². The fraction of sp³-hybridized carbons (Fsp3) is 0.278. The lowest BCUT2D eigenvalue weighted by Crippen LogP contribution is -2.34. The summed E-state index contributed by atoms with van der Waals surface area (Å²) in [6.45, 7) is 4.16. The number of aromatic amines is 1. The summed E-state index contributed by atoms with van der Waals surface area (Å²) < 4.78 is 0. The summed E-state index contributed by atoms with van der Waals surface area (Å²) in [5, 5.41) is 2.48. The topological polar surface area (TPSA) is 54.7 Å². The van der Waals surface area contributed by atoms with Crippen molar-refractivity contribution in [3.05, 3.63) is 54.5 Å². The molecule has 0 fully saturated rings. The van der Waals surface area contributed by atoms with Gasteiger partial charge >= 0.3 is 0 Å². The van der Waals surface area contributed by atoms with Gasteiger partial charge in [-0.15, -0.1) is 0 Å². The number of hydrogen-bond donors (Lipinski definition) is 2. The minimum Gasteiger partial charge on any atom is -0.340 e. The van der Waals surface area contributed by atoms with E-state index in [9.17, 15) is 0 Å². The molecule has 1 aromatic heterocycles. The van der Waals surface area contributed by atoms with Gasteiger partial charge in [-0.2, -0.15) is 0 Å². The Kier molecular flexibility index (Phi) is 3.52. The fourth-order valence-corrected chi connectivity index (χ4v) is 2.75. The lowest BCUT2D eigenvalue weighted by Gasteiger charge is -2.21. The van der Waals surface area contributed by atoms with Crippen LogP contribution >= 0.6 is 0 Å². The standard InChI is InChI=1S/C18H21N3/c1-3-10-18(2,19)17-20-12-16(21-17)15-9-8-13-6-4-5-7-14(13)11-15/h4-9,11-12H,3,10,19H2,1-2H3,(H,20,21). The van der Waals surface area contributed by atoms with Crippen molar-refractivity contribution in [2.75, 3.05) is 0 Å². The maximum absolute atomic E-state index is 6.34. The van der Waals surface area contributed by atoms with Crippen LogP contribution in [0.4, 0.5) is 0 Å². The molecule has 0 aliphatic heterocycles. The second-order valence-corrected chi connectivity index (χ2v) is 5.87. The van der Waals surface area contributed by atoms with Gasteiger partial charge in [0.05, 0.1) is 17.4 Å². The van der Waals surface area contributed by atoms with E-state index in [1.54, 1.807) is 0 Å². The molecule has 1 atom stereocenters. The Hall–Kier alpha value is -2.13. The van der Waals surface area contributed by atoms with Gasteiger partial charge in [0.15, 0.2) is 0 Å². The molecule has 0 saturated carbocycles. The molecule has 3 N–H and O–H groups in total. The molecule has 1 unspecified atom stereocenters. The molecule has 0 spiro atoms. The highest BCUT2D eigenvalue weighted by molar-refractivity contribution is 5.86. The third kappa shape index (κ3) is 2.69. The molecule has 21 heavy (non-hydrogen) atoms. The van der Waals surface area contributed by atoms with E-state index in [2.05, 4.69) is 59.4 Å². The third-order valence-electron chi connectivity index (χ3n) is 3.95. The van der Waals surface area contributed by atoms with Crippen molar-refractivity contribution in [1.82, 2.24) is 9.97 Å². The number of nitrogens with two attached hydrogens (primary N) is 1. The van der Waals surface area contributed by atoms with Gasteiger partial charge in [-0.1, -0.05) is 49.7 Å². The maximum atomic E-state index is 6.34. The summed E-state index contributed by atoms with van der Waals surface area (Å²) in [4.78, 5) is 7.87. The second-order valence-electron chi connectivity index (χ2n) is 5.87. The first-order valence-corrected chi connectivity index (χ1v) is 7.44. The summed E-state index contributed by atoms with van der Waals surface area (Å²) in [5.74, 6) is 0.854. The number of imidazole rings is 1. The van der Waals surface area contributed by atoms with E-state index < -0.39 is 5.54 Å². The predicted octanol–water partition coefficient (Wildman–Crippen LogP) is 4.20. The molecule has 0 radical (unpaired) electrons. The molecule has 0 aliphatic rings. The zero-order valence-electron chi connectivity index (χ0n) is 12.6. The zero-order chi connectivity index (χ0) is 14.9. The van der Waals surface area contributed by atoms with Crippen molar-refractivity contribution in [2.24, 2.45) is 5.73 Å². The summed E-state index contributed by atoms with van der Waals surface area (Å²) in [7, 11) is 0. The van der Waals surface area contributed by atoms with E-state index >= 15 is 0 Å². The number of fused-ring (bicyclic) bond motifs is 1. The summed E-state index contributed by atoms with van der Waals surface area (Å²) >= 11 is 0. The highest BCUT2D eigenvalue weighted by Crippen LogP contribution is 2.26. The van der Waals surface area contributed by atoms with E-state index in [4.69, 9.17) is 5.73 Å². The number of benzene rings is 2. The van der Waals surface area contributed by atoms with Crippen LogP contribution in [0.2, 0.25) is 0 Å². The Labute approximate surface area is 125 Å². The summed E-state index contributed by atoms with van der Waals surface area (Å²) in [5.41, 5.74) is 8.09. The van der Waals surface area contributed by atoms with E-state index in [1.165, 1.54) is 10.8 Å². The first-order chi connectivity index (χ1) is 10.1. The van der Waals surface area contributed by atoms with Gasteiger partial charge in [0.2, 0.25) is 0 Å². The monoisotopic (exact) mass is 279 g/mol. The molecular weight excluding hydrogens is 258 g/mol. The average molecular weight is 279 g/mol. The van der Waals surface area contributed by atoms with E-state index in [1.807, 2.05) is 13.1 Å². The highest BCUT2D eigenvalue weighted by atomic mass is 15.0. The van der Waals surface area contributed by atoms with Crippen LogP contribution in [0.25, 0.3) is 22.0 Å². The number of rotatable bonds is 4. The molecule has 0 amide bonds. The fourth-order valence-electron chi connectivity index (χ4n) is 2.75. The van der Waals surface area contributed by atoms with E-state index in [0.717, 1.165) is 29.9 Å². The molecule has 108 valence electrons. The minimum absolute atomic E-state index is 0.399. The second kappa shape index (κ2) is 5.34. The quantitative estimate of drug-likeness (QED) is 0.752. The van der Waals surface area contributed by atoms with Crippen LogP contribution in [0, 0.1) is 0 Å². The van der Waals surface area contributed by atoms with Crippen molar-refractivity contribution in [2.45, 2.75) is 32.2 Å². The highest BCUT2D eigenvalue weighted by Gasteiger charge is 2.23. The molecular formula is C18H21N3. The van der Waals surface area contributed by atoms with Crippen LogP contribution in [0.5, 0.6) is 0 Å². The molecule has 3 heteroatoms. The Morgan fingerprint density at radius 2 is 1.90 bits per heavy atom. The molecule has 0 bridgehead atoms. The molecule has 3 rings (SSSR count). The Bertz CT molecular complexity index is 756. The Morgan fingerprint density at radius 3 is 2.67 bits per heavy atom. The predicted molar refractivity (Wildman–Crippen MR) is 88.0 cm³/mol. The average Bonchev–Trinajstić information content (AvgIpc) is 2.97. The van der Waals surface area contributed by atoms with Gasteiger partial charge in [-0.05, 0) is 30.2 Å². The number of hydrogen-bond acceptors (Lipinski definition) is 2. The van der Waals surface area contributed by atoms with Crippen LogP contribution in [-0.4, -0.2) is 9.97 Å². The van der Waals surface area contributed by atoms with Crippen molar-refractivity contribution < 1.29 is 0 Å². The van der Waals surface area contributed by atoms with Crippen molar-refractivity contribution in [1.29, 1.82) is 0 Å². The van der Waals surface area contributed by atoms with Gasteiger partial charge in [0, 0.05) is 5.56 Å². The first-order valence-electron chi connectivity index (χ1n) is 7.44. The van der Waals surface area contributed by atoms with Crippen molar-refractivity contribution in [3.63, 3.8) is 0 Å². The van der Waals surface area contributed by atoms with Crippen LogP contribution in [0.1, 0.15) is 32.5 Å². The maximum Gasteiger partial charge on any atom is 0.126 e. The van der Waals surface area contributed by atoms with Crippen molar-refractivity contribution >= 4 is 10.8 Å². The van der Waals surface area contributed by atoms with Gasteiger partial charge in [0.1, 0.15) is 5.82 Å². The lowest BCUT2D eigenvalue weighted by atomic mass is 9.97. The Morgan fingerprint density at radius 1 is 1.14 bits per heavy atom. The van der Waals surface area contributed by atoms with Crippen LogP contribution < -0.4 is 5.73 Å². The van der Waals surface area contributed by atoms with E-state index in [0.29, 0.717) is 0 Å². The van der Waals surface area contributed by atoms with Crippen molar-refractivity contribution in [3.8, 4) is 11.3 Å². The molecule has 2 aromatic carbocycles. The number of H-pyrrole nitrogens is 1. The molecule has 0 aliphatic carbocycles. The molecule has 1 heterocycles. The number of nitrogens with one attached hydrogen (secondary N) is 1. The third-order valence-corrected chi connectivity index (χ3v) is 3.95. The summed E-state index contributed by atoms with van der Waals surface area (Å²) in [6.07, 6.45) is 3.83. The van der Waals surface area contributed by atoms with Gasteiger partial charge in [0.25, 0.3) is 0 Å². The van der Waals surface area contributed by atoms with E-state index in [-0.39, 0.29) is 0 Å². The van der Waals surface area contributed by atoms with Gasteiger partial charge < -0.3 is 10.7 Å². The number of nitrogens with zero attached hydrogens (tertiary/aromatic N) is 1. The largest absolute Gasteiger partial charge is 0.340 e. The smallest absolute Gasteiger partial charge is 0.126 e. The van der Waals surface area contributed by atoms with Crippen LogP contribution in [-0.2, 0) is 5.54 Å². The number of aromatic nitrogens is 2. The minimum atomic E-state index is -0.399. The lowest BCUT2D eigenvalue weighted by molar-refractivity contribution is 0.423. The molecule has 0 saturated heterocycles. The van der Waals surface area contributed by atoms with Gasteiger partial charge in [-0.3, -0.25) is 0 Å². The van der Waals surface area contributed by atoms with Gasteiger partial charge in [-0.25, -0.2) is 4.98 Å². The normalized spacial score (nSPS) is 14.2. The van der Waals surface area contributed by atoms with Crippen LogP contribution in [0.3, 0.4) is 0 Å². The molecule has 3 aromatic rings. The molecule has 3 nitrogen and oxygen atoms in total. The SMILES string of the molecule is CCCC(C)(N)c1ncc(-c2ccc3ccccc3c2)[nH]1. The zero-order valence-corrected chi connectivity index (χ0v) is 12.6. The first kappa shape index (κ1) is 13.8. The summed E-state index contributed by atoms with van der Waals surface area (Å²) in [6, 6.07) is 14.8.